The van der Waals surface area contributed by atoms with Gasteiger partial charge < -0.3 is 16.4 Å². The van der Waals surface area contributed by atoms with E-state index in [1.54, 1.807) is 31.2 Å². The second kappa shape index (κ2) is 8.05. The van der Waals surface area contributed by atoms with Gasteiger partial charge >= 0.3 is 6.03 Å². The summed E-state index contributed by atoms with van der Waals surface area (Å²) in [4.78, 5) is 35.9. The molecular weight excluding hydrogens is 356 g/mol. The van der Waals surface area contributed by atoms with Gasteiger partial charge in [-0.2, -0.15) is 0 Å². The van der Waals surface area contributed by atoms with Gasteiger partial charge in [0.15, 0.2) is 0 Å². The van der Waals surface area contributed by atoms with Crippen LogP contribution in [0.3, 0.4) is 0 Å². The van der Waals surface area contributed by atoms with Gasteiger partial charge in [-0.25, -0.2) is 4.79 Å². The summed E-state index contributed by atoms with van der Waals surface area (Å²) >= 11 is 0. The van der Waals surface area contributed by atoms with Crippen LogP contribution in [0.4, 0.5) is 4.79 Å². The molecule has 0 aromatic heterocycles. The van der Waals surface area contributed by atoms with Crippen LogP contribution >= 0.6 is 12.4 Å². The minimum atomic E-state index is -1.11. The monoisotopic (exact) mass is 380 g/mol. The van der Waals surface area contributed by atoms with Crippen LogP contribution in [0.2, 0.25) is 0 Å². The Bertz CT molecular complexity index is 694. The summed E-state index contributed by atoms with van der Waals surface area (Å²) in [5, 5.41) is 7.92. The number of carbonyl (C=O) groups is 3. The minimum absolute atomic E-state index is 0. The minimum Gasteiger partial charge on any atom is -0.349 e. The fourth-order valence-corrected chi connectivity index (χ4v) is 3.63. The van der Waals surface area contributed by atoms with Crippen LogP contribution in [-0.2, 0) is 10.3 Å². The molecule has 3 atom stereocenters. The summed E-state index contributed by atoms with van der Waals surface area (Å²) < 4.78 is 0. The van der Waals surface area contributed by atoms with E-state index in [2.05, 4.69) is 16.0 Å². The summed E-state index contributed by atoms with van der Waals surface area (Å²) in [6.07, 6.45) is 4.27. The Morgan fingerprint density at radius 1 is 1.23 bits per heavy atom. The highest BCUT2D eigenvalue weighted by Gasteiger charge is 2.43. The molecule has 7 nitrogen and oxygen atoms in total. The zero-order valence-corrected chi connectivity index (χ0v) is 15.5. The normalized spacial score (nSPS) is 27.9. The first-order chi connectivity index (χ1) is 11.9. The smallest absolute Gasteiger partial charge is 0.322 e. The zero-order valence-electron chi connectivity index (χ0n) is 14.7. The molecule has 0 bridgehead atoms. The zero-order chi connectivity index (χ0) is 18.0. The van der Waals surface area contributed by atoms with E-state index in [1.165, 1.54) is 0 Å². The van der Waals surface area contributed by atoms with E-state index in [-0.39, 0.29) is 24.4 Å². The van der Waals surface area contributed by atoms with Gasteiger partial charge in [0.05, 0.1) is 0 Å². The van der Waals surface area contributed by atoms with Crippen molar-refractivity contribution in [3.05, 3.63) is 35.4 Å². The molecule has 2 aliphatic rings. The standard InChI is InChI=1S/C18H24N4O3.ClH/c1-18(16(24)21-17(25)22-18)13-8-6-11(7-9-13)15(23)20-14-5-3-2-4-12(14)10-19;/h6-9,12,14H,2-5,10,19H2,1H3,(H,20,23)(H2,21,22,24,25);1H. The summed E-state index contributed by atoms with van der Waals surface area (Å²) in [6.45, 7) is 2.22. The molecule has 1 aromatic carbocycles. The SMILES string of the molecule is CC1(c2ccc(C(=O)NC3CCCCC3CN)cc2)NC(=O)NC1=O.Cl. The molecular formula is C18H25ClN4O3. The Hall–Kier alpha value is -2.12. The highest BCUT2D eigenvalue weighted by molar-refractivity contribution is 6.07. The fourth-order valence-electron chi connectivity index (χ4n) is 3.63. The lowest BCUT2D eigenvalue weighted by atomic mass is 9.84. The van der Waals surface area contributed by atoms with Crippen molar-refractivity contribution in [1.29, 1.82) is 0 Å². The van der Waals surface area contributed by atoms with Gasteiger partial charge in [-0.1, -0.05) is 25.0 Å². The Labute approximate surface area is 158 Å². The Kier molecular flexibility index (Phi) is 6.26. The van der Waals surface area contributed by atoms with Crippen LogP contribution < -0.4 is 21.7 Å². The van der Waals surface area contributed by atoms with Crippen molar-refractivity contribution in [3.63, 3.8) is 0 Å². The molecule has 8 heteroatoms. The molecule has 1 saturated heterocycles. The maximum absolute atomic E-state index is 12.5. The maximum atomic E-state index is 12.5. The summed E-state index contributed by atoms with van der Waals surface area (Å²) in [5.74, 6) is -0.210. The first kappa shape index (κ1) is 20.2. The first-order valence-electron chi connectivity index (χ1n) is 8.69. The third kappa shape index (κ3) is 3.83. The van der Waals surface area contributed by atoms with Crippen molar-refractivity contribution in [1.82, 2.24) is 16.0 Å². The van der Waals surface area contributed by atoms with E-state index in [0.29, 0.717) is 23.6 Å². The summed E-state index contributed by atoms with van der Waals surface area (Å²) in [5.41, 5.74) is 5.86. The molecule has 1 saturated carbocycles. The van der Waals surface area contributed by atoms with Crippen LogP contribution in [0.5, 0.6) is 0 Å². The Balaban J connectivity index is 0.00000243. The number of carbonyl (C=O) groups excluding carboxylic acids is 3. The van der Waals surface area contributed by atoms with E-state index in [0.717, 1.165) is 25.7 Å². The van der Waals surface area contributed by atoms with Crippen LogP contribution in [-0.4, -0.2) is 30.4 Å². The van der Waals surface area contributed by atoms with Gasteiger partial charge in [-0.15, -0.1) is 12.4 Å². The molecule has 26 heavy (non-hydrogen) atoms. The predicted octanol–water partition coefficient (Wildman–Crippen LogP) is 1.41. The number of rotatable bonds is 4. The van der Waals surface area contributed by atoms with Crippen LogP contribution in [0.15, 0.2) is 24.3 Å². The van der Waals surface area contributed by atoms with Gasteiger partial charge in [-0.3, -0.25) is 14.9 Å². The highest BCUT2D eigenvalue weighted by Crippen LogP contribution is 2.26. The number of nitrogens with two attached hydrogens (primary N) is 1. The van der Waals surface area contributed by atoms with Crippen molar-refractivity contribution in [2.24, 2.45) is 11.7 Å². The molecule has 3 rings (SSSR count). The number of halogens is 1. The molecule has 0 spiro atoms. The lowest BCUT2D eigenvalue weighted by molar-refractivity contribution is -0.123. The average Bonchev–Trinajstić information content (AvgIpc) is 2.88. The van der Waals surface area contributed by atoms with Gasteiger partial charge in [0.1, 0.15) is 5.54 Å². The molecule has 142 valence electrons. The molecule has 5 N–H and O–H groups in total. The summed E-state index contributed by atoms with van der Waals surface area (Å²) in [7, 11) is 0. The van der Waals surface area contributed by atoms with E-state index < -0.39 is 17.5 Å². The maximum Gasteiger partial charge on any atom is 0.322 e. The second-order valence-corrected chi connectivity index (χ2v) is 6.97. The predicted molar refractivity (Wildman–Crippen MR) is 100.0 cm³/mol. The topological polar surface area (TPSA) is 113 Å². The van der Waals surface area contributed by atoms with E-state index >= 15 is 0 Å². The van der Waals surface area contributed by atoms with Gasteiger partial charge in [0.2, 0.25) is 0 Å². The third-order valence-corrected chi connectivity index (χ3v) is 5.30. The molecule has 1 aliphatic heterocycles. The van der Waals surface area contributed by atoms with Crippen molar-refractivity contribution in [2.45, 2.75) is 44.2 Å². The second-order valence-electron chi connectivity index (χ2n) is 6.97. The number of amides is 4. The van der Waals surface area contributed by atoms with Gasteiger partial charge in [0.25, 0.3) is 11.8 Å². The number of benzene rings is 1. The van der Waals surface area contributed by atoms with Gasteiger partial charge in [-0.05, 0) is 49.9 Å². The van der Waals surface area contributed by atoms with Crippen LogP contribution in [0.25, 0.3) is 0 Å². The molecule has 1 aliphatic carbocycles. The van der Waals surface area contributed by atoms with Gasteiger partial charge in [0, 0.05) is 11.6 Å². The number of urea groups is 1. The quantitative estimate of drug-likeness (QED) is 0.591. The average molecular weight is 381 g/mol. The third-order valence-electron chi connectivity index (χ3n) is 5.30. The van der Waals surface area contributed by atoms with E-state index in [1.807, 2.05) is 0 Å². The molecule has 3 unspecified atom stereocenters. The lowest BCUT2D eigenvalue weighted by Crippen LogP contribution is -2.44. The summed E-state index contributed by atoms with van der Waals surface area (Å²) in [6, 6.07) is 6.34. The number of imide groups is 1. The number of hydrogen-bond acceptors (Lipinski definition) is 4. The molecule has 4 amide bonds. The van der Waals surface area contributed by atoms with Crippen molar-refractivity contribution in [2.75, 3.05) is 6.54 Å². The molecule has 2 fully saturated rings. The van der Waals surface area contributed by atoms with Crippen molar-refractivity contribution < 1.29 is 14.4 Å². The largest absolute Gasteiger partial charge is 0.349 e. The van der Waals surface area contributed by atoms with Crippen molar-refractivity contribution >= 4 is 30.3 Å². The molecule has 0 radical (unpaired) electrons. The van der Waals surface area contributed by atoms with Crippen LogP contribution in [0, 0.1) is 5.92 Å². The number of hydrogen-bond donors (Lipinski definition) is 4. The van der Waals surface area contributed by atoms with E-state index in [9.17, 15) is 14.4 Å². The fraction of sp³-hybridized carbons (Fsp3) is 0.500. The van der Waals surface area contributed by atoms with E-state index in [4.69, 9.17) is 5.73 Å². The number of nitrogens with one attached hydrogen (secondary N) is 3. The Morgan fingerprint density at radius 2 is 1.88 bits per heavy atom. The first-order valence-corrected chi connectivity index (χ1v) is 8.69. The molecule has 1 heterocycles. The Morgan fingerprint density at radius 3 is 2.46 bits per heavy atom. The highest BCUT2D eigenvalue weighted by atomic mass is 35.5. The lowest BCUT2D eigenvalue weighted by Gasteiger charge is -2.31. The van der Waals surface area contributed by atoms with Crippen molar-refractivity contribution in [3.8, 4) is 0 Å². The van der Waals surface area contributed by atoms with Crippen LogP contribution in [0.1, 0.15) is 48.5 Å². The molecule has 1 aromatic rings.